The predicted molar refractivity (Wildman–Crippen MR) is 72.3 cm³/mol. The summed E-state index contributed by atoms with van der Waals surface area (Å²) in [7, 11) is -0.585. The molecule has 0 aliphatic carbocycles. The van der Waals surface area contributed by atoms with E-state index in [1.54, 1.807) is 18.2 Å². The van der Waals surface area contributed by atoms with Crippen LogP contribution in [0.25, 0.3) is 0 Å². The molecule has 2 rings (SSSR count). The molecule has 1 heterocycles. The van der Waals surface area contributed by atoms with Crippen LogP contribution in [0.1, 0.15) is 43.6 Å². The Morgan fingerprint density at radius 3 is 2.26 bits per heavy atom. The number of rotatable bonds is 2. The van der Waals surface area contributed by atoms with Crippen molar-refractivity contribution >= 4 is 18.9 Å². The molecule has 0 unspecified atom stereocenters. The molecule has 0 atom stereocenters. The average molecular weight is 257 g/mol. The Bertz CT molecular complexity index is 544. The van der Waals surface area contributed by atoms with Crippen molar-refractivity contribution in [3.8, 4) is 6.07 Å². The van der Waals surface area contributed by atoms with Gasteiger partial charge in [0, 0.05) is 5.56 Å². The van der Waals surface area contributed by atoms with E-state index in [0.717, 1.165) is 6.29 Å². The summed E-state index contributed by atoms with van der Waals surface area (Å²) in [5, 5.41) is 8.85. The molecule has 0 spiro atoms. The molecule has 0 amide bonds. The van der Waals surface area contributed by atoms with Gasteiger partial charge in [-0.3, -0.25) is 4.79 Å². The van der Waals surface area contributed by atoms with E-state index < -0.39 is 18.3 Å². The smallest absolute Gasteiger partial charge is 0.399 e. The Morgan fingerprint density at radius 1 is 1.21 bits per heavy atom. The summed E-state index contributed by atoms with van der Waals surface area (Å²) in [6.07, 6.45) is 0.723. The summed E-state index contributed by atoms with van der Waals surface area (Å²) in [6, 6.07) is 6.93. The van der Waals surface area contributed by atoms with Crippen LogP contribution >= 0.6 is 0 Å². The highest BCUT2D eigenvalue weighted by molar-refractivity contribution is 6.63. The molecule has 0 radical (unpaired) electrons. The second kappa shape index (κ2) is 4.48. The number of aldehydes is 1. The molecule has 1 saturated heterocycles. The van der Waals surface area contributed by atoms with E-state index in [9.17, 15) is 4.79 Å². The van der Waals surface area contributed by atoms with Crippen molar-refractivity contribution in [1.82, 2.24) is 0 Å². The first-order valence-corrected chi connectivity index (χ1v) is 6.15. The van der Waals surface area contributed by atoms with Gasteiger partial charge in [0.1, 0.15) is 6.29 Å². The molecule has 1 fully saturated rings. The normalized spacial score (nSPS) is 20.1. The van der Waals surface area contributed by atoms with Crippen LogP contribution in [0.15, 0.2) is 18.2 Å². The van der Waals surface area contributed by atoms with Crippen molar-refractivity contribution in [2.45, 2.75) is 38.9 Å². The highest BCUT2D eigenvalue weighted by atomic mass is 16.7. The number of nitrogens with zero attached hydrogens (tertiary/aromatic N) is 1. The topological polar surface area (TPSA) is 59.3 Å². The van der Waals surface area contributed by atoms with Gasteiger partial charge in [0.05, 0.1) is 22.8 Å². The lowest BCUT2D eigenvalue weighted by Crippen LogP contribution is -2.41. The fourth-order valence-electron chi connectivity index (χ4n) is 1.93. The zero-order chi connectivity index (χ0) is 14.3. The number of hydrogen-bond donors (Lipinski definition) is 0. The molecule has 0 aromatic heterocycles. The maximum atomic E-state index is 11.2. The van der Waals surface area contributed by atoms with Gasteiger partial charge in [0.25, 0.3) is 0 Å². The first kappa shape index (κ1) is 13.8. The second-order valence-corrected chi connectivity index (χ2v) is 5.66. The minimum Gasteiger partial charge on any atom is -0.399 e. The minimum absolute atomic E-state index is 0.428. The van der Waals surface area contributed by atoms with Crippen molar-refractivity contribution in [3.63, 3.8) is 0 Å². The van der Waals surface area contributed by atoms with Crippen LogP contribution in [0.4, 0.5) is 0 Å². The summed E-state index contributed by atoms with van der Waals surface area (Å²) in [6.45, 7) is 7.82. The molecule has 0 saturated carbocycles. The predicted octanol–water partition coefficient (Wildman–Crippen LogP) is 1.67. The van der Waals surface area contributed by atoms with Gasteiger partial charge in [0.15, 0.2) is 0 Å². The maximum Gasteiger partial charge on any atom is 0.495 e. The van der Waals surface area contributed by atoms with Crippen molar-refractivity contribution in [1.29, 1.82) is 5.26 Å². The lowest BCUT2D eigenvalue weighted by atomic mass is 9.76. The number of benzene rings is 1. The van der Waals surface area contributed by atoms with Gasteiger partial charge in [-0.1, -0.05) is 6.07 Å². The molecular weight excluding hydrogens is 241 g/mol. The minimum atomic E-state index is -0.585. The van der Waals surface area contributed by atoms with Gasteiger partial charge in [-0.15, -0.1) is 0 Å². The highest BCUT2D eigenvalue weighted by Gasteiger charge is 2.52. The van der Waals surface area contributed by atoms with Crippen molar-refractivity contribution in [2.75, 3.05) is 0 Å². The molecule has 1 aliphatic heterocycles. The molecule has 5 heteroatoms. The van der Waals surface area contributed by atoms with E-state index >= 15 is 0 Å². The Morgan fingerprint density at radius 2 is 1.79 bits per heavy atom. The van der Waals surface area contributed by atoms with Crippen LogP contribution in [0.5, 0.6) is 0 Å². The zero-order valence-corrected chi connectivity index (χ0v) is 11.6. The van der Waals surface area contributed by atoms with Crippen molar-refractivity contribution in [2.24, 2.45) is 0 Å². The van der Waals surface area contributed by atoms with E-state index in [0.29, 0.717) is 16.6 Å². The SMILES string of the molecule is CC1(C)OB(c2ccc(C#N)cc2C=O)OC1(C)C. The number of carbonyl (C=O) groups excluding carboxylic acids is 1. The van der Waals surface area contributed by atoms with Crippen LogP contribution in [0.3, 0.4) is 0 Å². The standard InChI is InChI=1S/C14H16BNO3/c1-13(2)14(3,4)19-15(18-13)12-6-5-10(8-16)7-11(12)9-17/h5-7,9H,1-4H3. The van der Waals surface area contributed by atoms with Gasteiger partial charge in [-0.25, -0.2) is 0 Å². The van der Waals surface area contributed by atoms with Crippen molar-refractivity contribution in [3.05, 3.63) is 29.3 Å². The lowest BCUT2D eigenvalue weighted by molar-refractivity contribution is 0.00578. The molecular formula is C14H16BNO3. The Balaban J connectivity index is 2.40. The van der Waals surface area contributed by atoms with E-state index in [1.165, 1.54) is 0 Å². The first-order chi connectivity index (χ1) is 8.80. The summed E-state index contributed by atoms with van der Waals surface area (Å²) in [5.74, 6) is 0. The molecule has 0 bridgehead atoms. The van der Waals surface area contributed by atoms with E-state index in [1.807, 2.05) is 33.8 Å². The highest BCUT2D eigenvalue weighted by Crippen LogP contribution is 2.36. The van der Waals surface area contributed by atoms with E-state index in [-0.39, 0.29) is 0 Å². The molecule has 1 aromatic rings. The van der Waals surface area contributed by atoms with Gasteiger partial charge in [-0.2, -0.15) is 5.26 Å². The third kappa shape index (κ3) is 2.29. The van der Waals surface area contributed by atoms with Gasteiger partial charge < -0.3 is 9.31 Å². The summed E-state index contributed by atoms with van der Waals surface area (Å²) in [5.41, 5.74) is 0.629. The molecule has 19 heavy (non-hydrogen) atoms. The van der Waals surface area contributed by atoms with Gasteiger partial charge in [-0.05, 0) is 45.3 Å². The maximum absolute atomic E-state index is 11.2. The Labute approximate surface area is 113 Å². The van der Waals surface area contributed by atoms with E-state index in [2.05, 4.69) is 0 Å². The van der Waals surface area contributed by atoms with E-state index in [4.69, 9.17) is 14.6 Å². The Hall–Kier alpha value is -1.64. The molecule has 1 aromatic carbocycles. The second-order valence-electron chi connectivity index (χ2n) is 5.66. The molecule has 1 aliphatic rings. The third-order valence-electron chi connectivity index (χ3n) is 3.85. The summed E-state index contributed by atoms with van der Waals surface area (Å²) >= 11 is 0. The molecule has 4 nitrogen and oxygen atoms in total. The van der Waals surface area contributed by atoms with Crippen LogP contribution in [0, 0.1) is 11.3 Å². The molecule has 98 valence electrons. The van der Waals surface area contributed by atoms with Crippen LogP contribution in [-0.2, 0) is 9.31 Å². The Kier molecular flexibility index (Phi) is 3.25. The monoisotopic (exact) mass is 257 g/mol. The zero-order valence-electron chi connectivity index (χ0n) is 11.6. The number of nitriles is 1. The van der Waals surface area contributed by atoms with Crippen molar-refractivity contribution < 1.29 is 14.1 Å². The largest absolute Gasteiger partial charge is 0.495 e. The fraction of sp³-hybridized carbons (Fsp3) is 0.429. The fourth-order valence-corrected chi connectivity index (χ4v) is 1.93. The van der Waals surface area contributed by atoms with Gasteiger partial charge in [0.2, 0.25) is 0 Å². The van der Waals surface area contributed by atoms with Crippen LogP contribution in [-0.4, -0.2) is 24.6 Å². The molecule has 0 N–H and O–H groups in total. The van der Waals surface area contributed by atoms with Gasteiger partial charge >= 0.3 is 7.12 Å². The first-order valence-electron chi connectivity index (χ1n) is 6.15. The third-order valence-corrected chi connectivity index (χ3v) is 3.85. The van der Waals surface area contributed by atoms with Crippen LogP contribution in [0.2, 0.25) is 0 Å². The lowest BCUT2D eigenvalue weighted by Gasteiger charge is -2.32. The van der Waals surface area contributed by atoms with Crippen LogP contribution < -0.4 is 5.46 Å². The quantitative estimate of drug-likeness (QED) is 0.597. The summed E-state index contributed by atoms with van der Waals surface area (Å²) in [4.78, 5) is 11.2. The number of hydrogen-bond acceptors (Lipinski definition) is 4. The number of carbonyl (C=O) groups is 1. The summed E-state index contributed by atoms with van der Waals surface area (Å²) < 4.78 is 11.8. The average Bonchev–Trinajstić information content (AvgIpc) is 2.57.